The van der Waals surface area contributed by atoms with Gasteiger partial charge in [-0.3, -0.25) is 9.59 Å². The standard InChI is InChI=1S/C22H31NO4S/c1-22(2)15-10-14(8-6-4-5-7-9-19(24)25)20(17(22)11-15)23-21(26)16-12-28-13-18(16)27-3/h4,6,12-15,17,20H,5,7-11H2,1-3H3,(H,23,26)(H,24,25)/b6-4+/t14-,15-,17-,20+/m0/s1. The maximum atomic E-state index is 12.9. The van der Waals surface area contributed by atoms with Gasteiger partial charge >= 0.3 is 5.97 Å². The van der Waals surface area contributed by atoms with Gasteiger partial charge in [-0.15, -0.1) is 11.3 Å². The average Bonchev–Trinajstić information content (AvgIpc) is 3.13. The van der Waals surface area contributed by atoms with E-state index in [1.165, 1.54) is 17.8 Å². The summed E-state index contributed by atoms with van der Waals surface area (Å²) in [5, 5.41) is 15.8. The van der Waals surface area contributed by atoms with Gasteiger partial charge in [0.15, 0.2) is 0 Å². The van der Waals surface area contributed by atoms with E-state index in [0.29, 0.717) is 29.6 Å². The molecule has 0 spiro atoms. The maximum absolute atomic E-state index is 12.9. The van der Waals surface area contributed by atoms with E-state index in [4.69, 9.17) is 9.84 Å². The minimum absolute atomic E-state index is 0.0420. The van der Waals surface area contributed by atoms with Gasteiger partial charge in [-0.1, -0.05) is 26.0 Å². The molecule has 4 atom stereocenters. The van der Waals surface area contributed by atoms with Crippen LogP contribution >= 0.6 is 11.3 Å². The fourth-order valence-electron chi connectivity index (χ4n) is 4.97. The molecule has 1 heterocycles. The Labute approximate surface area is 171 Å². The number of amides is 1. The molecule has 28 heavy (non-hydrogen) atoms. The fourth-order valence-corrected chi connectivity index (χ4v) is 5.74. The lowest BCUT2D eigenvalue weighted by Gasteiger charge is -2.62. The highest BCUT2D eigenvalue weighted by Gasteiger charge is 2.57. The molecule has 2 N–H and O–H groups in total. The summed E-state index contributed by atoms with van der Waals surface area (Å²) in [7, 11) is 1.59. The molecule has 1 aromatic heterocycles. The minimum Gasteiger partial charge on any atom is -0.495 e. The number of unbranched alkanes of at least 4 members (excludes halogenated alkanes) is 1. The van der Waals surface area contributed by atoms with Crippen LogP contribution in [0.5, 0.6) is 5.75 Å². The van der Waals surface area contributed by atoms with E-state index in [1.54, 1.807) is 7.11 Å². The number of fused-ring (bicyclic) bond motifs is 2. The van der Waals surface area contributed by atoms with Crippen LogP contribution in [0.2, 0.25) is 0 Å². The van der Waals surface area contributed by atoms with E-state index in [9.17, 15) is 9.59 Å². The van der Waals surface area contributed by atoms with Gasteiger partial charge in [0.05, 0.1) is 12.7 Å². The van der Waals surface area contributed by atoms with Crippen LogP contribution < -0.4 is 10.1 Å². The molecule has 3 saturated carbocycles. The van der Waals surface area contributed by atoms with Gasteiger partial charge in [-0.25, -0.2) is 0 Å². The molecule has 1 amide bonds. The summed E-state index contributed by atoms with van der Waals surface area (Å²) < 4.78 is 5.32. The zero-order valence-corrected chi connectivity index (χ0v) is 17.8. The van der Waals surface area contributed by atoms with Gasteiger partial charge in [0.2, 0.25) is 0 Å². The summed E-state index contributed by atoms with van der Waals surface area (Å²) in [5.41, 5.74) is 0.896. The lowest BCUT2D eigenvalue weighted by atomic mass is 9.44. The van der Waals surface area contributed by atoms with Crippen LogP contribution in [0, 0.1) is 23.2 Å². The van der Waals surface area contributed by atoms with Crippen molar-refractivity contribution >= 4 is 23.2 Å². The lowest BCUT2D eigenvalue weighted by molar-refractivity contribution is -0.137. The Morgan fingerprint density at radius 3 is 2.79 bits per heavy atom. The van der Waals surface area contributed by atoms with Gasteiger partial charge < -0.3 is 15.2 Å². The molecule has 0 saturated heterocycles. The van der Waals surface area contributed by atoms with Crippen LogP contribution in [0.1, 0.15) is 62.7 Å². The third-order valence-electron chi connectivity index (χ3n) is 6.83. The largest absolute Gasteiger partial charge is 0.495 e. The number of aliphatic carboxylic acids is 1. The van der Waals surface area contributed by atoms with Gasteiger partial charge in [-0.05, 0) is 55.3 Å². The summed E-state index contributed by atoms with van der Waals surface area (Å²) in [5.74, 6) is 1.52. The second-order valence-corrected chi connectivity index (χ2v) is 9.45. The number of methoxy groups -OCH3 is 1. The van der Waals surface area contributed by atoms with E-state index >= 15 is 0 Å². The van der Waals surface area contributed by atoms with Crippen LogP contribution in [-0.2, 0) is 4.79 Å². The number of hydrogen-bond acceptors (Lipinski definition) is 4. The first kappa shape index (κ1) is 20.9. The van der Waals surface area contributed by atoms with Crippen molar-refractivity contribution < 1.29 is 19.4 Å². The first-order valence-corrected chi connectivity index (χ1v) is 11.1. The summed E-state index contributed by atoms with van der Waals surface area (Å²) in [6.45, 7) is 4.66. The van der Waals surface area contributed by atoms with Gasteiger partial charge in [-0.2, -0.15) is 0 Å². The predicted molar refractivity (Wildman–Crippen MR) is 111 cm³/mol. The first-order chi connectivity index (χ1) is 13.3. The van der Waals surface area contributed by atoms with Gasteiger partial charge in [0.25, 0.3) is 5.91 Å². The summed E-state index contributed by atoms with van der Waals surface area (Å²) in [6.07, 6.45) is 9.21. The summed E-state index contributed by atoms with van der Waals surface area (Å²) in [4.78, 5) is 23.5. The monoisotopic (exact) mass is 405 g/mol. The number of rotatable bonds is 9. The molecule has 154 valence electrons. The van der Waals surface area contributed by atoms with Crippen molar-refractivity contribution in [3.63, 3.8) is 0 Å². The summed E-state index contributed by atoms with van der Waals surface area (Å²) >= 11 is 1.48. The van der Waals surface area contributed by atoms with Gasteiger partial charge in [0, 0.05) is 23.2 Å². The first-order valence-electron chi connectivity index (χ1n) is 10.1. The molecule has 3 fully saturated rings. The van der Waals surface area contributed by atoms with Crippen molar-refractivity contribution in [1.29, 1.82) is 0 Å². The van der Waals surface area contributed by atoms with Crippen LogP contribution in [0.3, 0.4) is 0 Å². The van der Waals surface area contributed by atoms with Crippen molar-refractivity contribution in [2.75, 3.05) is 7.11 Å². The highest BCUT2D eigenvalue weighted by Crippen LogP contribution is 2.61. The minimum atomic E-state index is -0.741. The number of hydrogen-bond donors (Lipinski definition) is 2. The van der Waals surface area contributed by atoms with E-state index in [0.717, 1.165) is 25.2 Å². The van der Waals surface area contributed by atoms with Crippen molar-refractivity contribution in [3.05, 3.63) is 28.5 Å². The Morgan fingerprint density at radius 1 is 1.32 bits per heavy atom. The molecular weight excluding hydrogens is 374 g/mol. The van der Waals surface area contributed by atoms with E-state index < -0.39 is 5.97 Å². The number of ether oxygens (including phenoxy) is 1. The molecule has 0 aliphatic heterocycles. The lowest BCUT2D eigenvalue weighted by Crippen LogP contribution is -2.63. The molecule has 3 aliphatic rings. The van der Waals surface area contributed by atoms with Crippen molar-refractivity contribution in [1.82, 2.24) is 5.32 Å². The molecule has 0 aromatic carbocycles. The van der Waals surface area contributed by atoms with E-state index in [1.807, 2.05) is 10.8 Å². The SMILES string of the molecule is COc1cscc1C(=O)N[C@@H]1[C@@H](C/C=C/CCCC(=O)O)C[C@H]2C[C@@H]1C2(C)C. The number of carboxylic acid groups (broad SMARTS) is 1. The zero-order valence-electron chi connectivity index (χ0n) is 16.9. The van der Waals surface area contributed by atoms with Gasteiger partial charge in [0.1, 0.15) is 5.75 Å². The molecule has 4 rings (SSSR count). The number of thiophene rings is 1. The zero-order chi connectivity index (χ0) is 20.3. The second kappa shape index (κ2) is 8.68. The maximum Gasteiger partial charge on any atom is 0.303 e. The molecule has 6 heteroatoms. The predicted octanol–water partition coefficient (Wildman–Crippen LogP) is 4.74. The Kier molecular flexibility index (Phi) is 6.48. The Balaban J connectivity index is 1.63. The topological polar surface area (TPSA) is 75.6 Å². The number of nitrogens with one attached hydrogen (secondary N) is 1. The Hall–Kier alpha value is -1.82. The normalized spacial score (nSPS) is 28.0. The average molecular weight is 406 g/mol. The Bertz CT molecular complexity index is 739. The van der Waals surface area contributed by atoms with Crippen LogP contribution in [0.25, 0.3) is 0 Å². The highest BCUT2D eigenvalue weighted by atomic mass is 32.1. The molecule has 2 bridgehead atoms. The number of carbonyl (C=O) groups is 2. The smallest absolute Gasteiger partial charge is 0.303 e. The van der Waals surface area contributed by atoms with Crippen molar-refractivity contribution in [3.8, 4) is 5.75 Å². The third-order valence-corrected chi connectivity index (χ3v) is 7.55. The second-order valence-electron chi connectivity index (χ2n) is 8.70. The molecule has 3 aliphatic carbocycles. The number of carbonyl (C=O) groups excluding carboxylic acids is 1. The molecule has 5 nitrogen and oxygen atoms in total. The van der Waals surface area contributed by atoms with Crippen molar-refractivity contribution in [2.45, 2.75) is 58.4 Å². The molecular formula is C22H31NO4S. The van der Waals surface area contributed by atoms with E-state index in [-0.39, 0.29) is 23.8 Å². The number of carboxylic acids is 1. The fraction of sp³-hybridized carbons (Fsp3) is 0.636. The summed E-state index contributed by atoms with van der Waals surface area (Å²) in [6, 6.07) is 0.167. The highest BCUT2D eigenvalue weighted by molar-refractivity contribution is 7.08. The third kappa shape index (κ3) is 4.27. The molecule has 0 unspecified atom stereocenters. The number of allylic oxidation sites excluding steroid dienone is 2. The van der Waals surface area contributed by atoms with Crippen LogP contribution in [0.4, 0.5) is 0 Å². The van der Waals surface area contributed by atoms with Crippen LogP contribution in [-0.4, -0.2) is 30.1 Å². The quantitative estimate of drug-likeness (QED) is 0.460. The van der Waals surface area contributed by atoms with Crippen LogP contribution in [0.15, 0.2) is 22.9 Å². The van der Waals surface area contributed by atoms with E-state index in [2.05, 4.69) is 31.3 Å². The van der Waals surface area contributed by atoms with Crippen molar-refractivity contribution in [2.24, 2.45) is 23.2 Å². The molecule has 0 radical (unpaired) electrons. The molecule has 1 aromatic rings. The Morgan fingerprint density at radius 2 is 2.11 bits per heavy atom.